The zero-order valence-corrected chi connectivity index (χ0v) is 15.5. The van der Waals surface area contributed by atoms with Crippen LogP contribution >= 0.6 is 23.1 Å². The van der Waals surface area contributed by atoms with Gasteiger partial charge in [-0.15, -0.1) is 11.3 Å². The van der Waals surface area contributed by atoms with E-state index in [0.717, 1.165) is 22.9 Å². The summed E-state index contributed by atoms with van der Waals surface area (Å²) in [6, 6.07) is 4.28. The van der Waals surface area contributed by atoms with Crippen molar-refractivity contribution in [2.45, 2.75) is 19.0 Å². The molecule has 0 saturated carbocycles. The first-order valence-corrected chi connectivity index (χ1v) is 9.37. The number of non-ortho nitro benzene ring substituents is 1. The van der Waals surface area contributed by atoms with Crippen molar-refractivity contribution in [3.05, 3.63) is 55.2 Å². The molecule has 0 radical (unpaired) electrons. The Bertz CT molecular complexity index is 1070. The van der Waals surface area contributed by atoms with Crippen LogP contribution in [0.5, 0.6) is 0 Å². The Morgan fingerprint density at radius 1 is 1.38 bits per heavy atom. The minimum absolute atomic E-state index is 0.0148. The highest BCUT2D eigenvalue weighted by Gasteiger charge is 2.13. The number of hydrogen-bond donors (Lipinski definition) is 2. The Kier molecular flexibility index (Phi) is 5.05. The Balaban J connectivity index is 1.71. The summed E-state index contributed by atoms with van der Waals surface area (Å²) < 4.78 is 0. The SMILES string of the molecule is Cc1ccc([N+](=O)[O-])cc1NC(=O)CSc1nc2scc(C)c2c(=O)[nH]1. The molecule has 0 aliphatic heterocycles. The van der Waals surface area contributed by atoms with Crippen LogP contribution in [0, 0.1) is 24.0 Å². The van der Waals surface area contributed by atoms with Crippen LogP contribution in [-0.4, -0.2) is 26.6 Å². The maximum absolute atomic E-state index is 12.2. The summed E-state index contributed by atoms with van der Waals surface area (Å²) in [6.45, 7) is 3.59. The van der Waals surface area contributed by atoms with Gasteiger partial charge in [0, 0.05) is 12.1 Å². The van der Waals surface area contributed by atoms with Gasteiger partial charge in [0.1, 0.15) is 4.83 Å². The fourth-order valence-electron chi connectivity index (χ4n) is 2.32. The largest absolute Gasteiger partial charge is 0.325 e. The summed E-state index contributed by atoms with van der Waals surface area (Å²) in [7, 11) is 0. The third-order valence-electron chi connectivity index (χ3n) is 3.65. The molecule has 1 amide bonds. The van der Waals surface area contributed by atoms with Gasteiger partial charge in [0.2, 0.25) is 5.91 Å². The fourth-order valence-corrected chi connectivity index (χ4v) is 3.96. The third kappa shape index (κ3) is 3.75. The van der Waals surface area contributed by atoms with Crippen molar-refractivity contribution in [2.75, 3.05) is 11.1 Å². The summed E-state index contributed by atoms with van der Waals surface area (Å²) in [5.41, 5.74) is 1.65. The van der Waals surface area contributed by atoms with Gasteiger partial charge in [0.05, 0.1) is 21.7 Å². The number of benzene rings is 1. The Labute approximate surface area is 155 Å². The predicted octanol–water partition coefficient (Wildman–Crippen LogP) is 3.24. The molecular formula is C16H14N4O4S2. The molecule has 3 aromatic rings. The van der Waals surface area contributed by atoms with Crippen molar-refractivity contribution in [1.29, 1.82) is 0 Å². The summed E-state index contributed by atoms with van der Waals surface area (Å²) in [6.07, 6.45) is 0. The van der Waals surface area contributed by atoms with E-state index in [4.69, 9.17) is 0 Å². The summed E-state index contributed by atoms with van der Waals surface area (Å²) in [5, 5.41) is 16.3. The molecule has 0 atom stereocenters. The van der Waals surface area contributed by atoms with Crippen LogP contribution in [0.25, 0.3) is 10.2 Å². The quantitative estimate of drug-likeness (QED) is 0.299. The highest BCUT2D eigenvalue weighted by atomic mass is 32.2. The van der Waals surface area contributed by atoms with Crippen LogP contribution < -0.4 is 10.9 Å². The number of carbonyl (C=O) groups is 1. The van der Waals surface area contributed by atoms with Gasteiger partial charge >= 0.3 is 0 Å². The van der Waals surface area contributed by atoms with Crippen LogP contribution in [0.2, 0.25) is 0 Å². The van der Waals surface area contributed by atoms with E-state index in [1.165, 1.54) is 23.5 Å². The second kappa shape index (κ2) is 7.26. The van der Waals surface area contributed by atoms with Gasteiger partial charge in [-0.1, -0.05) is 17.8 Å². The van der Waals surface area contributed by atoms with Crippen LogP contribution in [0.15, 0.2) is 33.5 Å². The minimum Gasteiger partial charge on any atom is -0.325 e. The second-order valence-electron chi connectivity index (χ2n) is 5.56. The first-order chi connectivity index (χ1) is 12.3. The van der Waals surface area contributed by atoms with E-state index in [1.54, 1.807) is 13.0 Å². The lowest BCUT2D eigenvalue weighted by Gasteiger charge is -2.08. The number of aromatic amines is 1. The number of carbonyl (C=O) groups excluding carboxylic acids is 1. The number of rotatable bonds is 5. The molecule has 2 aromatic heterocycles. The van der Waals surface area contributed by atoms with Gasteiger partial charge < -0.3 is 10.3 Å². The number of nitro benzene ring substituents is 1. The van der Waals surface area contributed by atoms with E-state index in [1.807, 2.05) is 12.3 Å². The molecule has 0 aliphatic carbocycles. The molecule has 134 valence electrons. The first-order valence-electron chi connectivity index (χ1n) is 7.51. The fraction of sp³-hybridized carbons (Fsp3) is 0.188. The van der Waals surface area contributed by atoms with Gasteiger partial charge in [-0.05, 0) is 30.4 Å². The molecule has 2 heterocycles. The molecule has 0 saturated heterocycles. The standard InChI is InChI=1S/C16H14N4O4S2/c1-8-3-4-10(20(23)24)5-11(8)17-12(21)7-26-16-18-14(22)13-9(2)6-25-15(13)19-16/h3-6H,7H2,1-2H3,(H,17,21)(H,18,19,22). The highest BCUT2D eigenvalue weighted by molar-refractivity contribution is 7.99. The molecule has 0 aliphatic rings. The van der Waals surface area contributed by atoms with Crippen molar-refractivity contribution in [3.8, 4) is 0 Å². The number of nitrogens with one attached hydrogen (secondary N) is 2. The van der Waals surface area contributed by atoms with E-state index in [-0.39, 0.29) is 22.9 Å². The zero-order valence-electron chi connectivity index (χ0n) is 13.9. The summed E-state index contributed by atoms with van der Waals surface area (Å²) in [4.78, 5) is 42.2. The zero-order chi connectivity index (χ0) is 18.8. The van der Waals surface area contributed by atoms with Gasteiger partial charge in [-0.2, -0.15) is 0 Å². The van der Waals surface area contributed by atoms with E-state index < -0.39 is 4.92 Å². The molecule has 3 rings (SSSR count). The number of hydrogen-bond acceptors (Lipinski definition) is 7. The maximum Gasteiger partial charge on any atom is 0.271 e. The van der Waals surface area contributed by atoms with Crippen molar-refractivity contribution >= 4 is 50.6 Å². The monoisotopic (exact) mass is 390 g/mol. The molecule has 2 N–H and O–H groups in total. The van der Waals surface area contributed by atoms with Crippen LogP contribution in [-0.2, 0) is 4.79 Å². The highest BCUT2D eigenvalue weighted by Crippen LogP contribution is 2.24. The molecule has 0 fully saturated rings. The average Bonchev–Trinajstić information content (AvgIpc) is 2.96. The minimum atomic E-state index is -0.517. The number of nitrogens with zero attached hydrogens (tertiary/aromatic N) is 2. The van der Waals surface area contributed by atoms with Crippen LogP contribution in [0.1, 0.15) is 11.1 Å². The number of thiophene rings is 1. The van der Waals surface area contributed by atoms with Crippen molar-refractivity contribution in [3.63, 3.8) is 0 Å². The normalized spacial score (nSPS) is 10.8. The Morgan fingerprint density at radius 3 is 2.88 bits per heavy atom. The maximum atomic E-state index is 12.2. The van der Waals surface area contributed by atoms with Crippen LogP contribution in [0.4, 0.5) is 11.4 Å². The summed E-state index contributed by atoms with van der Waals surface area (Å²) in [5.74, 6) is -0.329. The number of H-pyrrole nitrogens is 1. The number of nitro groups is 1. The molecule has 10 heteroatoms. The Morgan fingerprint density at radius 2 is 2.15 bits per heavy atom. The van der Waals surface area contributed by atoms with Crippen molar-refractivity contribution in [2.24, 2.45) is 0 Å². The van der Waals surface area contributed by atoms with Gasteiger partial charge in [-0.25, -0.2) is 4.98 Å². The number of thioether (sulfide) groups is 1. The number of aryl methyl sites for hydroxylation is 2. The van der Waals surface area contributed by atoms with E-state index in [0.29, 0.717) is 21.1 Å². The topological polar surface area (TPSA) is 118 Å². The predicted molar refractivity (Wildman–Crippen MR) is 102 cm³/mol. The Hall–Kier alpha value is -2.72. The van der Waals surface area contributed by atoms with Crippen molar-refractivity contribution in [1.82, 2.24) is 9.97 Å². The van der Waals surface area contributed by atoms with E-state index in [9.17, 15) is 19.7 Å². The van der Waals surface area contributed by atoms with E-state index >= 15 is 0 Å². The number of amides is 1. The lowest BCUT2D eigenvalue weighted by Crippen LogP contribution is -2.16. The first kappa shape index (κ1) is 18.1. The molecule has 0 unspecified atom stereocenters. The third-order valence-corrected chi connectivity index (χ3v) is 5.52. The number of anilines is 1. The lowest BCUT2D eigenvalue weighted by atomic mass is 10.2. The molecule has 8 nitrogen and oxygen atoms in total. The number of aromatic nitrogens is 2. The smallest absolute Gasteiger partial charge is 0.271 e. The van der Waals surface area contributed by atoms with Gasteiger partial charge in [-0.3, -0.25) is 19.7 Å². The lowest BCUT2D eigenvalue weighted by molar-refractivity contribution is -0.384. The van der Waals surface area contributed by atoms with Gasteiger partial charge in [0.15, 0.2) is 5.16 Å². The molecular weight excluding hydrogens is 376 g/mol. The van der Waals surface area contributed by atoms with Crippen molar-refractivity contribution < 1.29 is 9.72 Å². The van der Waals surface area contributed by atoms with E-state index in [2.05, 4.69) is 15.3 Å². The second-order valence-corrected chi connectivity index (χ2v) is 7.39. The average molecular weight is 390 g/mol. The van der Waals surface area contributed by atoms with Crippen LogP contribution in [0.3, 0.4) is 0 Å². The molecule has 1 aromatic carbocycles. The molecule has 26 heavy (non-hydrogen) atoms. The molecule has 0 bridgehead atoms. The summed E-state index contributed by atoms with van der Waals surface area (Å²) >= 11 is 2.47. The number of fused-ring (bicyclic) bond motifs is 1. The van der Waals surface area contributed by atoms with Gasteiger partial charge in [0.25, 0.3) is 11.2 Å². The molecule has 0 spiro atoms.